The molecule has 1 aromatic rings. The van der Waals surface area contributed by atoms with Crippen LogP contribution in [0, 0.1) is 9.49 Å². The van der Waals surface area contributed by atoms with Crippen LogP contribution < -0.4 is 5.32 Å². The van der Waals surface area contributed by atoms with E-state index >= 15 is 0 Å². The Kier molecular flexibility index (Phi) is 7.47. The van der Waals surface area contributed by atoms with Crippen LogP contribution in [0.25, 0.3) is 0 Å². The largest absolute Gasteiger partial charge is 0.351 e. The Hall–Kier alpha value is -0.0000000000000000555. The van der Waals surface area contributed by atoms with E-state index in [0.29, 0.717) is 23.0 Å². The van der Waals surface area contributed by atoms with E-state index < -0.39 is 0 Å². The zero-order valence-corrected chi connectivity index (χ0v) is 14.7. The molecule has 0 aromatic heterocycles. The number of alkyl halides is 1. The van der Waals surface area contributed by atoms with E-state index in [1.54, 1.807) is 12.1 Å². The highest BCUT2D eigenvalue weighted by molar-refractivity contribution is 14.1. The summed E-state index contributed by atoms with van der Waals surface area (Å²) in [5.41, 5.74) is 0.568. The van der Waals surface area contributed by atoms with Gasteiger partial charge in [0.15, 0.2) is 0 Å². The van der Waals surface area contributed by atoms with Crippen LogP contribution >= 0.6 is 45.8 Å². The molecule has 1 unspecified atom stereocenters. The average molecular weight is 414 g/mol. The van der Waals surface area contributed by atoms with Crippen LogP contribution in [0.1, 0.15) is 37.0 Å². The van der Waals surface area contributed by atoms with Crippen LogP contribution in [-0.4, -0.2) is 17.8 Å². The van der Waals surface area contributed by atoms with E-state index in [9.17, 15) is 4.79 Å². The smallest absolute Gasteiger partial charge is 0.251 e. The first-order valence-corrected chi connectivity index (χ1v) is 8.26. The second-order valence-electron chi connectivity index (χ2n) is 4.43. The van der Waals surface area contributed by atoms with Gasteiger partial charge >= 0.3 is 0 Å². The second-order valence-corrected chi connectivity index (χ2v) is 6.56. The molecule has 0 saturated heterocycles. The number of carbonyl (C=O) groups excluding carboxylic acids is 1. The van der Waals surface area contributed by atoms with Crippen LogP contribution in [0.4, 0.5) is 0 Å². The van der Waals surface area contributed by atoms with Gasteiger partial charge in [-0.15, -0.1) is 11.6 Å². The highest BCUT2D eigenvalue weighted by atomic mass is 127. The van der Waals surface area contributed by atoms with Crippen LogP contribution in [0.2, 0.25) is 5.02 Å². The molecule has 1 N–H and O–H groups in total. The minimum atomic E-state index is -0.130. The molecule has 0 bridgehead atoms. The third-order valence-electron chi connectivity index (χ3n) is 3.20. The van der Waals surface area contributed by atoms with Gasteiger partial charge in [0.25, 0.3) is 5.91 Å². The third-order valence-corrected chi connectivity index (χ3v) is 5.28. The van der Waals surface area contributed by atoms with E-state index in [4.69, 9.17) is 23.2 Å². The molecular weight excluding hydrogens is 396 g/mol. The van der Waals surface area contributed by atoms with Gasteiger partial charge in [-0.3, -0.25) is 4.79 Å². The lowest BCUT2D eigenvalue weighted by atomic mass is 9.99. The van der Waals surface area contributed by atoms with E-state index in [1.807, 2.05) is 6.07 Å². The van der Waals surface area contributed by atoms with Gasteiger partial charge in [0.1, 0.15) is 0 Å². The molecule has 0 aliphatic heterocycles. The molecule has 0 heterocycles. The zero-order chi connectivity index (χ0) is 14.4. The Morgan fingerprint density at radius 3 is 2.53 bits per heavy atom. The Balaban J connectivity index is 2.58. The van der Waals surface area contributed by atoms with Crippen molar-refractivity contribution in [1.29, 1.82) is 0 Å². The number of nitrogens with one attached hydrogen (secondary N) is 1. The SMILES string of the molecule is CCC(CC)C(Cl)CNC(=O)c1ccc(I)c(Cl)c1. The van der Waals surface area contributed by atoms with Crippen molar-refractivity contribution < 1.29 is 4.79 Å². The Morgan fingerprint density at radius 1 is 1.37 bits per heavy atom. The number of halogens is 3. The van der Waals surface area contributed by atoms with Gasteiger partial charge in [-0.05, 0) is 46.7 Å². The zero-order valence-electron chi connectivity index (χ0n) is 11.1. The maximum absolute atomic E-state index is 12.0. The normalized spacial score (nSPS) is 12.5. The molecule has 0 aliphatic carbocycles. The fourth-order valence-electron chi connectivity index (χ4n) is 1.90. The van der Waals surface area contributed by atoms with Gasteiger partial charge in [0.05, 0.1) is 10.4 Å². The molecule has 0 radical (unpaired) electrons. The summed E-state index contributed by atoms with van der Waals surface area (Å²) in [5.74, 6) is 0.303. The van der Waals surface area contributed by atoms with Crippen molar-refractivity contribution in [3.8, 4) is 0 Å². The summed E-state index contributed by atoms with van der Waals surface area (Å²) in [6, 6.07) is 5.28. The summed E-state index contributed by atoms with van der Waals surface area (Å²) in [4.78, 5) is 12.0. The predicted octanol–water partition coefficient (Wildman–Crippen LogP) is 4.72. The van der Waals surface area contributed by atoms with Crippen molar-refractivity contribution in [2.75, 3.05) is 6.54 Å². The first kappa shape index (κ1) is 17.1. The molecule has 0 saturated carbocycles. The van der Waals surface area contributed by atoms with Crippen LogP contribution in [0.3, 0.4) is 0 Å². The number of benzene rings is 1. The Labute approximate surface area is 138 Å². The fraction of sp³-hybridized carbons (Fsp3) is 0.500. The van der Waals surface area contributed by atoms with Crippen molar-refractivity contribution in [2.24, 2.45) is 5.92 Å². The number of hydrogen-bond acceptors (Lipinski definition) is 1. The predicted molar refractivity (Wildman–Crippen MR) is 90.2 cm³/mol. The van der Waals surface area contributed by atoms with Gasteiger partial charge in [-0.25, -0.2) is 0 Å². The topological polar surface area (TPSA) is 29.1 Å². The Bertz CT molecular complexity index is 435. The van der Waals surface area contributed by atoms with Crippen molar-refractivity contribution >= 4 is 51.7 Å². The molecule has 5 heteroatoms. The summed E-state index contributed by atoms with van der Waals surface area (Å²) in [6.45, 7) is 4.71. The number of hydrogen-bond donors (Lipinski definition) is 1. The molecule has 0 fully saturated rings. The van der Waals surface area contributed by atoms with E-state index in [-0.39, 0.29) is 11.3 Å². The van der Waals surface area contributed by atoms with Crippen LogP contribution in [0.5, 0.6) is 0 Å². The monoisotopic (exact) mass is 413 g/mol. The fourth-order valence-corrected chi connectivity index (χ4v) is 2.85. The van der Waals surface area contributed by atoms with Gasteiger partial charge in [-0.2, -0.15) is 0 Å². The molecule has 1 atom stereocenters. The quantitative estimate of drug-likeness (QED) is 0.530. The third kappa shape index (κ3) is 5.12. The Morgan fingerprint density at radius 2 is 2.00 bits per heavy atom. The van der Waals surface area contributed by atoms with Crippen LogP contribution in [-0.2, 0) is 0 Å². The number of carbonyl (C=O) groups is 1. The second kappa shape index (κ2) is 8.32. The molecule has 1 aromatic carbocycles. The van der Waals surface area contributed by atoms with Crippen molar-refractivity contribution in [3.63, 3.8) is 0 Å². The molecule has 0 aliphatic rings. The first-order valence-electron chi connectivity index (χ1n) is 6.36. The maximum atomic E-state index is 12.0. The standard InChI is InChI=1S/C14H18Cl2INO/c1-3-9(4-2)12(16)8-18-14(19)10-5-6-13(17)11(15)7-10/h5-7,9,12H,3-4,8H2,1-2H3,(H,18,19). The summed E-state index contributed by atoms with van der Waals surface area (Å²) >= 11 is 14.4. The van der Waals surface area contributed by atoms with E-state index in [1.165, 1.54) is 0 Å². The summed E-state index contributed by atoms with van der Waals surface area (Å²) in [6.07, 6.45) is 2.05. The molecule has 1 amide bonds. The lowest BCUT2D eigenvalue weighted by molar-refractivity contribution is 0.0951. The molecule has 1 rings (SSSR count). The summed E-state index contributed by atoms with van der Waals surface area (Å²) in [5, 5.41) is 3.43. The molecule has 19 heavy (non-hydrogen) atoms. The number of rotatable bonds is 6. The van der Waals surface area contributed by atoms with Gasteiger partial charge in [-0.1, -0.05) is 38.3 Å². The van der Waals surface area contributed by atoms with Crippen molar-refractivity contribution in [1.82, 2.24) is 5.32 Å². The van der Waals surface area contributed by atoms with Gasteiger partial charge in [0, 0.05) is 15.7 Å². The first-order chi connectivity index (χ1) is 8.99. The maximum Gasteiger partial charge on any atom is 0.251 e. The lowest BCUT2D eigenvalue weighted by Gasteiger charge is -2.19. The summed E-state index contributed by atoms with van der Waals surface area (Å²) in [7, 11) is 0. The lowest BCUT2D eigenvalue weighted by Crippen LogP contribution is -2.33. The molecule has 2 nitrogen and oxygen atoms in total. The van der Waals surface area contributed by atoms with E-state index in [0.717, 1.165) is 16.4 Å². The van der Waals surface area contributed by atoms with Crippen molar-refractivity contribution in [3.05, 3.63) is 32.4 Å². The highest BCUT2D eigenvalue weighted by Gasteiger charge is 2.17. The van der Waals surface area contributed by atoms with E-state index in [2.05, 4.69) is 41.8 Å². The minimum absolute atomic E-state index is 0.0294. The van der Waals surface area contributed by atoms with Gasteiger partial charge < -0.3 is 5.32 Å². The molecule has 106 valence electrons. The van der Waals surface area contributed by atoms with Crippen molar-refractivity contribution in [2.45, 2.75) is 32.1 Å². The molecular formula is C14H18Cl2INO. The average Bonchev–Trinajstić information content (AvgIpc) is 2.40. The van der Waals surface area contributed by atoms with Gasteiger partial charge in [0.2, 0.25) is 0 Å². The highest BCUT2D eigenvalue weighted by Crippen LogP contribution is 2.20. The molecule has 0 spiro atoms. The summed E-state index contributed by atoms with van der Waals surface area (Å²) < 4.78 is 0.933. The van der Waals surface area contributed by atoms with Crippen LogP contribution in [0.15, 0.2) is 18.2 Å². The minimum Gasteiger partial charge on any atom is -0.351 e. The number of amides is 1.